The predicted molar refractivity (Wildman–Crippen MR) is 62.1 cm³/mol. The van der Waals surface area contributed by atoms with Gasteiger partial charge in [-0.05, 0) is 25.5 Å². The third-order valence-electron chi connectivity index (χ3n) is 2.14. The number of carboxylic acids is 1. The molecule has 1 rings (SSSR count). The van der Waals surface area contributed by atoms with Crippen molar-refractivity contribution in [2.24, 2.45) is 0 Å². The summed E-state index contributed by atoms with van der Waals surface area (Å²) in [4.78, 5) is 14.2. The van der Waals surface area contributed by atoms with Gasteiger partial charge in [-0.1, -0.05) is 6.07 Å². The van der Waals surface area contributed by atoms with E-state index in [1.807, 2.05) is 0 Å². The molecule has 94 valence electrons. The summed E-state index contributed by atoms with van der Waals surface area (Å²) in [6, 6.07) is 2.86. The molecule has 0 fully saturated rings. The number of pyridine rings is 1. The molecule has 1 aromatic heterocycles. The maximum atomic E-state index is 11.5. The Morgan fingerprint density at radius 3 is 2.53 bits per heavy atom. The van der Waals surface area contributed by atoms with Crippen LogP contribution in [0.1, 0.15) is 29.9 Å². The fraction of sp³-hybridized carbons (Fsp3) is 0.400. The van der Waals surface area contributed by atoms with Crippen molar-refractivity contribution >= 4 is 16.0 Å². The van der Waals surface area contributed by atoms with Crippen LogP contribution < -0.4 is 4.72 Å². The van der Waals surface area contributed by atoms with E-state index in [9.17, 15) is 13.2 Å². The first kappa shape index (κ1) is 13.6. The highest BCUT2D eigenvalue weighted by Gasteiger charge is 2.14. The molecule has 0 aliphatic rings. The van der Waals surface area contributed by atoms with E-state index in [1.165, 1.54) is 18.3 Å². The van der Waals surface area contributed by atoms with Gasteiger partial charge in [-0.2, -0.15) is 0 Å². The second-order valence-corrected chi connectivity index (χ2v) is 6.09. The third-order valence-corrected chi connectivity index (χ3v) is 3.93. The summed E-state index contributed by atoms with van der Waals surface area (Å²) in [6.45, 7) is 3.26. The molecule has 0 aliphatic heterocycles. The Hall–Kier alpha value is -1.47. The fourth-order valence-corrected chi connectivity index (χ4v) is 1.71. The number of carbonyl (C=O) groups is 1. The van der Waals surface area contributed by atoms with Crippen LogP contribution in [-0.4, -0.2) is 29.7 Å². The summed E-state index contributed by atoms with van der Waals surface area (Å²) in [7, 11) is -3.32. The van der Waals surface area contributed by atoms with Gasteiger partial charge in [-0.3, -0.25) is 0 Å². The van der Waals surface area contributed by atoms with Gasteiger partial charge in [0.15, 0.2) is 0 Å². The Labute approximate surface area is 99.7 Å². The van der Waals surface area contributed by atoms with Crippen LogP contribution in [0.3, 0.4) is 0 Å². The molecule has 0 saturated heterocycles. The molecule has 1 heterocycles. The number of aromatic nitrogens is 1. The fourth-order valence-electron chi connectivity index (χ4n) is 1.01. The van der Waals surface area contributed by atoms with Crippen LogP contribution in [-0.2, 0) is 16.6 Å². The molecule has 0 radical (unpaired) electrons. The number of carboxylic acid groups (broad SMARTS) is 1. The largest absolute Gasteiger partial charge is 0.477 e. The molecule has 0 aliphatic carbocycles. The van der Waals surface area contributed by atoms with Crippen LogP contribution in [0, 0.1) is 0 Å². The van der Waals surface area contributed by atoms with Crippen molar-refractivity contribution in [1.29, 1.82) is 0 Å². The highest BCUT2D eigenvalue weighted by Crippen LogP contribution is 2.03. The van der Waals surface area contributed by atoms with E-state index in [-0.39, 0.29) is 12.2 Å². The smallest absolute Gasteiger partial charge is 0.354 e. The molecule has 0 bridgehead atoms. The number of nitrogens with one attached hydrogen (secondary N) is 1. The second kappa shape index (κ2) is 5.24. The van der Waals surface area contributed by atoms with Crippen molar-refractivity contribution in [3.8, 4) is 0 Å². The van der Waals surface area contributed by atoms with Crippen molar-refractivity contribution in [2.45, 2.75) is 25.6 Å². The summed E-state index contributed by atoms with van der Waals surface area (Å²) in [5.74, 6) is -1.11. The van der Waals surface area contributed by atoms with Crippen LogP contribution in [0.2, 0.25) is 0 Å². The average Bonchev–Trinajstić information content (AvgIpc) is 2.27. The first-order chi connectivity index (χ1) is 7.83. The molecule has 17 heavy (non-hydrogen) atoms. The van der Waals surface area contributed by atoms with Gasteiger partial charge >= 0.3 is 5.97 Å². The SMILES string of the molecule is CC(C)S(=O)(=O)NCc1ccc(C(=O)O)nc1. The number of rotatable bonds is 5. The summed E-state index contributed by atoms with van der Waals surface area (Å²) < 4.78 is 25.3. The topological polar surface area (TPSA) is 96.4 Å². The van der Waals surface area contributed by atoms with Crippen LogP contribution in [0.15, 0.2) is 18.3 Å². The second-order valence-electron chi connectivity index (χ2n) is 3.77. The lowest BCUT2D eigenvalue weighted by Crippen LogP contribution is -2.30. The highest BCUT2D eigenvalue weighted by molar-refractivity contribution is 7.90. The zero-order valence-corrected chi connectivity index (χ0v) is 10.4. The van der Waals surface area contributed by atoms with Crippen molar-refractivity contribution in [2.75, 3.05) is 0 Å². The van der Waals surface area contributed by atoms with Gasteiger partial charge in [-0.15, -0.1) is 0 Å². The third kappa shape index (κ3) is 3.79. The van der Waals surface area contributed by atoms with Gasteiger partial charge in [0, 0.05) is 12.7 Å². The molecule has 0 aromatic carbocycles. The standard InChI is InChI=1S/C10H14N2O4S/c1-7(2)17(15,16)12-6-8-3-4-9(10(13)14)11-5-8/h3-5,7,12H,6H2,1-2H3,(H,13,14). The molecule has 7 heteroatoms. The van der Waals surface area contributed by atoms with Gasteiger partial charge in [0.2, 0.25) is 10.0 Å². The number of aromatic carboxylic acids is 1. The van der Waals surface area contributed by atoms with Crippen molar-refractivity contribution < 1.29 is 18.3 Å². The van der Waals surface area contributed by atoms with Gasteiger partial charge in [0.25, 0.3) is 0 Å². The number of hydrogen-bond acceptors (Lipinski definition) is 4. The van der Waals surface area contributed by atoms with Crippen molar-refractivity contribution in [1.82, 2.24) is 9.71 Å². The Morgan fingerprint density at radius 1 is 1.47 bits per heavy atom. The highest BCUT2D eigenvalue weighted by atomic mass is 32.2. The Morgan fingerprint density at radius 2 is 2.12 bits per heavy atom. The first-order valence-electron chi connectivity index (χ1n) is 4.99. The normalized spacial score (nSPS) is 11.7. The molecular formula is C10H14N2O4S. The number of sulfonamides is 1. The van der Waals surface area contributed by atoms with Gasteiger partial charge in [0.1, 0.15) is 5.69 Å². The lowest BCUT2D eigenvalue weighted by atomic mass is 10.2. The molecule has 0 saturated carbocycles. The van der Waals surface area contributed by atoms with Crippen molar-refractivity contribution in [3.05, 3.63) is 29.6 Å². The van der Waals surface area contributed by atoms with Crippen molar-refractivity contribution in [3.63, 3.8) is 0 Å². The number of nitrogens with zero attached hydrogens (tertiary/aromatic N) is 1. The summed E-state index contributed by atoms with van der Waals surface area (Å²) in [6.07, 6.45) is 1.34. The average molecular weight is 258 g/mol. The van der Waals surface area contributed by atoms with E-state index >= 15 is 0 Å². The van der Waals surface area contributed by atoms with E-state index in [4.69, 9.17) is 5.11 Å². The summed E-state index contributed by atoms with van der Waals surface area (Å²) >= 11 is 0. The molecule has 0 spiro atoms. The van der Waals surface area contributed by atoms with Crippen LogP contribution in [0.4, 0.5) is 0 Å². The first-order valence-corrected chi connectivity index (χ1v) is 6.54. The minimum absolute atomic E-state index is 0.0690. The molecule has 6 nitrogen and oxygen atoms in total. The molecule has 2 N–H and O–H groups in total. The van der Waals surface area contributed by atoms with Gasteiger partial charge in [0.05, 0.1) is 5.25 Å². The van der Waals surface area contributed by atoms with E-state index < -0.39 is 21.2 Å². The maximum Gasteiger partial charge on any atom is 0.354 e. The quantitative estimate of drug-likeness (QED) is 0.806. The lowest BCUT2D eigenvalue weighted by molar-refractivity contribution is 0.0690. The molecule has 0 atom stereocenters. The number of hydrogen-bond donors (Lipinski definition) is 2. The molecule has 0 amide bonds. The van der Waals surface area contributed by atoms with Crippen LogP contribution in [0.25, 0.3) is 0 Å². The summed E-state index contributed by atoms with van der Waals surface area (Å²) in [5, 5.41) is 8.13. The molecule has 1 aromatic rings. The maximum absolute atomic E-state index is 11.5. The predicted octanol–water partition coefficient (Wildman–Crippen LogP) is 0.608. The Kier molecular flexibility index (Phi) is 4.19. The van der Waals surface area contributed by atoms with E-state index in [2.05, 4.69) is 9.71 Å². The summed E-state index contributed by atoms with van der Waals surface area (Å²) in [5.41, 5.74) is 0.541. The Bertz CT molecular complexity index is 494. The Balaban J connectivity index is 2.68. The van der Waals surface area contributed by atoms with Crippen LogP contribution in [0.5, 0.6) is 0 Å². The van der Waals surface area contributed by atoms with Gasteiger partial charge in [-0.25, -0.2) is 22.9 Å². The monoisotopic (exact) mass is 258 g/mol. The van der Waals surface area contributed by atoms with Crippen LogP contribution >= 0.6 is 0 Å². The minimum Gasteiger partial charge on any atom is -0.477 e. The zero-order valence-electron chi connectivity index (χ0n) is 9.54. The zero-order chi connectivity index (χ0) is 13.1. The van der Waals surface area contributed by atoms with E-state index in [0.29, 0.717) is 5.56 Å². The molecular weight excluding hydrogens is 244 g/mol. The van der Waals surface area contributed by atoms with E-state index in [1.54, 1.807) is 13.8 Å². The molecule has 0 unspecified atom stereocenters. The minimum atomic E-state index is -3.32. The van der Waals surface area contributed by atoms with Gasteiger partial charge < -0.3 is 5.11 Å². The van der Waals surface area contributed by atoms with E-state index in [0.717, 1.165) is 0 Å². The lowest BCUT2D eigenvalue weighted by Gasteiger charge is -2.09.